The molecule has 1 aliphatic rings. The molecule has 0 unspecified atom stereocenters. The number of nitrogens with one attached hydrogen (secondary N) is 1. The van der Waals surface area contributed by atoms with Crippen molar-refractivity contribution in [2.45, 2.75) is 26.7 Å². The molecular weight excluding hydrogens is 424 g/mol. The maximum absolute atomic E-state index is 13.2. The van der Waals surface area contributed by atoms with Crippen molar-refractivity contribution in [2.24, 2.45) is 0 Å². The van der Waals surface area contributed by atoms with Crippen LogP contribution in [0.2, 0.25) is 0 Å². The molecule has 9 heteroatoms. The van der Waals surface area contributed by atoms with Crippen molar-refractivity contribution in [3.05, 3.63) is 40.7 Å². The predicted molar refractivity (Wildman–Crippen MR) is 126 cm³/mol. The van der Waals surface area contributed by atoms with E-state index in [1.54, 1.807) is 17.7 Å². The fourth-order valence-electron chi connectivity index (χ4n) is 4.59. The summed E-state index contributed by atoms with van der Waals surface area (Å²) >= 11 is 1.58. The van der Waals surface area contributed by atoms with Crippen LogP contribution in [0.5, 0.6) is 0 Å². The second-order valence-corrected chi connectivity index (χ2v) is 9.77. The standard InChI is InChI=1S/C23H28N6O2S/c1-14(2)19-20(16-10-15(3)22-24-13-25-29(22)12-16)26-17-11-18(32-21(17)19)23(31)28-6-4-27(5-7-28)8-9-30/h10-14,26,30H,4-9H2,1-3H3. The van der Waals surface area contributed by atoms with E-state index in [4.69, 9.17) is 5.11 Å². The summed E-state index contributed by atoms with van der Waals surface area (Å²) in [5, 5.41) is 13.4. The SMILES string of the molecule is Cc1cc(-c2[nH]c3cc(C(=O)N4CCN(CCO)CC4)sc3c2C(C)C)cn2ncnc12. The monoisotopic (exact) mass is 452 g/mol. The third-order valence-corrected chi connectivity index (χ3v) is 7.37. The fourth-order valence-corrected chi connectivity index (χ4v) is 5.87. The van der Waals surface area contributed by atoms with Crippen LogP contribution in [0, 0.1) is 6.92 Å². The number of thiophene rings is 1. The van der Waals surface area contributed by atoms with Gasteiger partial charge in [-0.2, -0.15) is 5.10 Å². The van der Waals surface area contributed by atoms with Gasteiger partial charge in [0.15, 0.2) is 5.65 Å². The summed E-state index contributed by atoms with van der Waals surface area (Å²) < 4.78 is 2.96. The molecule has 5 heterocycles. The highest BCUT2D eigenvalue weighted by atomic mass is 32.1. The van der Waals surface area contributed by atoms with Gasteiger partial charge in [0.1, 0.15) is 6.33 Å². The molecule has 1 aliphatic heterocycles. The molecule has 2 N–H and O–H groups in total. The number of aliphatic hydroxyl groups excluding tert-OH is 1. The molecule has 0 atom stereocenters. The summed E-state index contributed by atoms with van der Waals surface area (Å²) in [4.78, 5) is 26.0. The highest BCUT2D eigenvalue weighted by molar-refractivity contribution is 7.21. The lowest BCUT2D eigenvalue weighted by molar-refractivity contribution is 0.0619. The van der Waals surface area contributed by atoms with Crippen LogP contribution < -0.4 is 0 Å². The molecule has 0 radical (unpaired) electrons. The van der Waals surface area contributed by atoms with Gasteiger partial charge in [-0.3, -0.25) is 9.69 Å². The van der Waals surface area contributed by atoms with Crippen molar-refractivity contribution < 1.29 is 9.90 Å². The van der Waals surface area contributed by atoms with E-state index in [-0.39, 0.29) is 12.5 Å². The first-order chi connectivity index (χ1) is 15.5. The Labute approximate surface area is 190 Å². The molecule has 1 fully saturated rings. The highest BCUT2D eigenvalue weighted by Gasteiger charge is 2.26. The van der Waals surface area contributed by atoms with E-state index in [0.717, 1.165) is 50.7 Å². The number of piperazine rings is 1. The molecule has 168 valence electrons. The van der Waals surface area contributed by atoms with Crippen molar-refractivity contribution in [3.8, 4) is 11.3 Å². The van der Waals surface area contributed by atoms with Gasteiger partial charge < -0.3 is 15.0 Å². The first-order valence-electron chi connectivity index (χ1n) is 11.0. The van der Waals surface area contributed by atoms with Gasteiger partial charge in [-0.25, -0.2) is 9.50 Å². The van der Waals surface area contributed by atoms with Gasteiger partial charge in [0.2, 0.25) is 0 Å². The van der Waals surface area contributed by atoms with E-state index >= 15 is 0 Å². The largest absolute Gasteiger partial charge is 0.395 e. The normalized spacial score (nSPS) is 15.5. The number of amides is 1. The van der Waals surface area contributed by atoms with E-state index in [9.17, 15) is 4.79 Å². The average molecular weight is 453 g/mol. The number of β-amino-alcohol motifs (C(OH)–C–C–N with tert-alkyl or cyclic N) is 1. The number of carbonyl (C=O) groups is 1. The zero-order chi connectivity index (χ0) is 22.4. The van der Waals surface area contributed by atoms with E-state index < -0.39 is 0 Å². The number of aromatic amines is 1. The minimum Gasteiger partial charge on any atom is -0.395 e. The van der Waals surface area contributed by atoms with Crippen LogP contribution in [0.25, 0.3) is 27.1 Å². The van der Waals surface area contributed by atoms with Crippen molar-refractivity contribution in [2.75, 3.05) is 39.3 Å². The van der Waals surface area contributed by atoms with E-state index in [2.05, 4.69) is 39.9 Å². The molecule has 1 amide bonds. The molecule has 0 bridgehead atoms. The zero-order valence-corrected chi connectivity index (χ0v) is 19.4. The molecular formula is C23H28N6O2S. The van der Waals surface area contributed by atoms with E-state index in [1.165, 1.54) is 5.56 Å². The van der Waals surface area contributed by atoms with Gasteiger partial charge in [0, 0.05) is 44.5 Å². The van der Waals surface area contributed by atoms with Gasteiger partial charge in [0.05, 0.1) is 27.4 Å². The zero-order valence-electron chi connectivity index (χ0n) is 18.6. The van der Waals surface area contributed by atoms with Gasteiger partial charge in [-0.1, -0.05) is 13.8 Å². The lowest BCUT2D eigenvalue weighted by Gasteiger charge is -2.34. The number of fused-ring (bicyclic) bond motifs is 2. The quantitative estimate of drug-likeness (QED) is 0.486. The number of hydrogen-bond donors (Lipinski definition) is 2. The molecule has 0 saturated carbocycles. The average Bonchev–Trinajstić information content (AvgIpc) is 3.48. The van der Waals surface area contributed by atoms with Crippen LogP contribution in [-0.2, 0) is 0 Å². The van der Waals surface area contributed by atoms with Gasteiger partial charge in [-0.15, -0.1) is 11.3 Å². The van der Waals surface area contributed by atoms with Crippen LogP contribution in [0.3, 0.4) is 0 Å². The Hall–Kier alpha value is -2.75. The number of aliphatic hydroxyl groups is 1. The topological polar surface area (TPSA) is 89.8 Å². The fraction of sp³-hybridized carbons (Fsp3) is 0.435. The van der Waals surface area contributed by atoms with Crippen molar-refractivity contribution >= 4 is 33.1 Å². The summed E-state index contributed by atoms with van der Waals surface area (Å²) in [6.45, 7) is 10.3. The smallest absolute Gasteiger partial charge is 0.264 e. The molecule has 4 aromatic heterocycles. The van der Waals surface area contributed by atoms with Crippen molar-refractivity contribution in [1.29, 1.82) is 0 Å². The number of rotatable bonds is 5. The van der Waals surface area contributed by atoms with Crippen LogP contribution in [0.15, 0.2) is 24.7 Å². The Balaban J connectivity index is 1.48. The number of hydrogen-bond acceptors (Lipinski definition) is 6. The van der Waals surface area contributed by atoms with Crippen molar-refractivity contribution in [3.63, 3.8) is 0 Å². The summed E-state index contributed by atoms with van der Waals surface area (Å²) in [7, 11) is 0. The maximum atomic E-state index is 13.2. The first-order valence-corrected chi connectivity index (χ1v) is 11.9. The molecule has 8 nitrogen and oxygen atoms in total. The summed E-state index contributed by atoms with van der Waals surface area (Å²) in [5.41, 5.74) is 6.32. The molecule has 5 rings (SSSR count). The Morgan fingerprint density at radius 1 is 1.25 bits per heavy atom. The molecule has 0 aliphatic carbocycles. The number of aryl methyl sites for hydroxylation is 1. The van der Waals surface area contributed by atoms with Crippen LogP contribution in [-0.4, -0.2) is 79.7 Å². The maximum Gasteiger partial charge on any atom is 0.264 e. The number of carbonyl (C=O) groups excluding carboxylic acids is 1. The first kappa shape index (κ1) is 21.1. The number of aromatic nitrogens is 4. The highest BCUT2D eigenvalue weighted by Crippen LogP contribution is 2.40. The van der Waals surface area contributed by atoms with Gasteiger partial charge in [0.25, 0.3) is 5.91 Å². The Morgan fingerprint density at radius 3 is 2.75 bits per heavy atom. The van der Waals surface area contributed by atoms with E-state index in [0.29, 0.717) is 25.6 Å². The number of pyridine rings is 1. The summed E-state index contributed by atoms with van der Waals surface area (Å²) in [6, 6.07) is 4.14. The molecule has 0 aromatic carbocycles. The molecule has 1 saturated heterocycles. The Bertz CT molecular complexity index is 1280. The summed E-state index contributed by atoms with van der Waals surface area (Å²) in [5.74, 6) is 0.397. The minimum atomic E-state index is 0.0967. The minimum absolute atomic E-state index is 0.0967. The third kappa shape index (κ3) is 3.60. The lowest BCUT2D eigenvalue weighted by atomic mass is 9.99. The molecule has 0 spiro atoms. The Kier molecular flexibility index (Phi) is 5.48. The van der Waals surface area contributed by atoms with Gasteiger partial charge in [-0.05, 0) is 36.1 Å². The third-order valence-electron chi connectivity index (χ3n) is 6.22. The van der Waals surface area contributed by atoms with Crippen LogP contribution in [0.1, 0.15) is 40.6 Å². The predicted octanol–water partition coefficient (Wildman–Crippen LogP) is 3.12. The molecule has 4 aromatic rings. The number of H-pyrrole nitrogens is 1. The second kappa shape index (κ2) is 8.31. The number of nitrogens with zero attached hydrogens (tertiary/aromatic N) is 5. The van der Waals surface area contributed by atoms with Crippen molar-refractivity contribution in [1.82, 2.24) is 29.4 Å². The van der Waals surface area contributed by atoms with Crippen LogP contribution in [0.4, 0.5) is 0 Å². The molecule has 32 heavy (non-hydrogen) atoms. The summed E-state index contributed by atoms with van der Waals surface area (Å²) in [6.07, 6.45) is 3.58. The lowest BCUT2D eigenvalue weighted by Crippen LogP contribution is -2.49. The Morgan fingerprint density at radius 2 is 2.03 bits per heavy atom. The van der Waals surface area contributed by atoms with E-state index in [1.807, 2.05) is 28.6 Å². The van der Waals surface area contributed by atoms with Crippen LogP contribution >= 0.6 is 11.3 Å². The second-order valence-electron chi connectivity index (χ2n) is 8.72. The van der Waals surface area contributed by atoms with Gasteiger partial charge >= 0.3 is 0 Å².